The Kier molecular flexibility index (Phi) is 5.11. The summed E-state index contributed by atoms with van der Waals surface area (Å²) in [5.74, 6) is -0.473. The summed E-state index contributed by atoms with van der Waals surface area (Å²) in [5, 5.41) is 36.3. The Bertz CT molecular complexity index is 908. The van der Waals surface area contributed by atoms with Crippen molar-refractivity contribution < 1.29 is 10.2 Å². The topological polar surface area (TPSA) is 111 Å². The number of azo groups is 1. The molecule has 0 saturated carbocycles. The molecule has 0 saturated heterocycles. The molecule has 2 rings (SSSR count). The Hall–Kier alpha value is -2.98. The van der Waals surface area contributed by atoms with Gasteiger partial charge in [0.25, 0.3) is 5.56 Å². The number of aliphatic hydroxyl groups is 1. The Balaban J connectivity index is 2.59. The lowest BCUT2D eigenvalue weighted by atomic mass is 10.1. The summed E-state index contributed by atoms with van der Waals surface area (Å²) in [7, 11) is 0. The fourth-order valence-corrected chi connectivity index (χ4v) is 2.26. The molecule has 0 aliphatic carbocycles. The average Bonchev–Trinajstić information content (AvgIpc) is 2.55. The number of rotatable bonds is 4. The summed E-state index contributed by atoms with van der Waals surface area (Å²) < 4.78 is 0.917. The van der Waals surface area contributed by atoms with Crippen LogP contribution in [0.5, 0.6) is 5.88 Å². The summed E-state index contributed by atoms with van der Waals surface area (Å²) in [6.07, 6.45) is 0. The molecule has 2 aromatic rings. The molecule has 0 aliphatic rings. The zero-order valence-electron chi connectivity index (χ0n) is 13.7. The molecule has 0 spiro atoms. The number of nitriles is 1. The first-order chi connectivity index (χ1) is 11.4. The van der Waals surface area contributed by atoms with Crippen LogP contribution in [0.1, 0.15) is 22.3 Å². The fourth-order valence-electron chi connectivity index (χ4n) is 2.26. The van der Waals surface area contributed by atoms with Crippen LogP contribution in [0.3, 0.4) is 0 Å². The second kappa shape index (κ2) is 7.06. The first-order valence-corrected chi connectivity index (χ1v) is 7.37. The number of hydrogen-bond donors (Lipinski definition) is 2. The maximum absolute atomic E-state index is 12.4. The Morgan fingerprint density at radius 2 is 1.92 bits per heavy atom. The van der Waals surface area contributed by atoms with Gasteiger partial charge >= 0.3 is 0 Å². The third-order valence-corrected chi connectivity index (χ3v) is 3.85. The molecule has 0 bridgehead atoms. The van der Waals surface area contributed by atoms with Crippen molar-refractivity contribution in [2.24, 2.45) is 10.2 Å². The Labute approximate surface area is 139 Å². The molecule has 1 heterocycles. The van der Waals surface area contributed by atoms with Gasteiger partial charge in [-0.1, -0.05) is 6.07 Å². The van der Waals surface area contributed by atoms with Gasteiger partial charge in [-0.05, 0) is 44.0 Å². The van der Waals surface area contributed by atoms with E-state index in [0.29, 0.717) is 5.69 Å². The van der Waals surface area contributed by atoms with Gasteiger partial charge in [-0.15, -0.1) is 5.11 Å². The van der Waals surface area contributed by atoms with Crippen molar-refractivity contribution in [3.63, 3.8) is 0 Å². The van der Waals surface area contributed by atoms with E-state index in [1.807, 2.05) is 32.0 Å². The van der Waals surface area contributed by atoms with Crippen molar-refractivity contribution >= 4 is 11.4 Å². The number of aliphatic hydroxyl groups excluding tert-OH is 1. The van der Waals surface area contributed by atoms with Crippen molar-refractivity contribution in [3.05, 3.63) is 50.8 Å². The first kappa shape index (κ1) is 17.4. The van der Waals surface area contributed by atoms with E-state index in [1.165, 1.54) is 6.92 Å². The number of aryl methyl sites for hydroxylation is 2. The van der Waals surface area contributed by atoms with Crippen molar-refractivity contribution in [2.75, 3.05) is 6.61 Å². The Morgan fingerprint density at radius 3 is 2.50 bits per heavy atom. The van der Waals surface area contributed by atoms with E-state index in [2.05, 4.69) is 10.2 Å². The second-order valence-corrected chi connectivity index (χ2v) is 5.43. The summed E-state index contributed by atoms with van der Waals surface area (Å²) in [4.78, 5) is 12.4. The SMILES string of the molecule is Cc1ccc(N=Nc2c(C)c(C#N)c(O)n(CCO)c2=O)cc1C. The highest BCUT2D eigenvalue weighted by atomic mass is 16.3. The van der Waals surface area contributed by atoms with Gasteiger partial charge < -0.3 is 10.2 Å². The van der Waals surface area contributed by atoms with Crippen molar-refractivity contribution in [1.29, 1.82) is 5.26 Å². The van der Waals surface area contributed by atoms with Crippen LogP contribution in [0, 0.1) is 32.1 Å². The highest BCUT2D eigenvalue weighted by molar-refractivity contribution is 5.56. The van der Waals surface area contributed by atoms with Crippen LogP contribution in [-0.2, 0) is 6.54 Å². The molecule has 7 nitrogen and oxygen atoms in total. The monoisotopic (exact) mass is 326 g/mol. The number of aromatic nitrogens is 1. The van der Waals surface area contributed by atoms with E-state index in [0.717, 1.165) is 15.7 Å². The predicted octanol–water partition coefficient (Wildman–Crippen LogP) is 2.76. The van der Waals surface area contributed by atoms with Gasteiger partial charge in [-0.25, -0.2) is 0 Å². The molecule has 1 aromatic carbocycles. The predicted molar refractivity (Wildman–Crippen MR) is 89.0 cm³/mol. The first-order valence-electron chi connectivity index (χ1n) is 7.37. The zero-order chi connectivity index (χ0) is 17.9. The molecule has 124 valence electrons. The van der Waals surface area contributed by atoms with Gasteiger partial charge in [0.15, 0.2) is 5.69 Å². The van der Waals surface area contributed by atoms with Gasteiger partial charge in [-0.3, -0.25) is 9.36 Å². The standard InChI is InChI=1S/C17H18N4O3/c1-10-4-5-13(8-11(10)2)19-20-15-12(3)14(9-18)16(23)21(6-7-22)17(15)24/h4-5,8,22-23H,6-7H2,1-3H3. The maximum atomic E-state index is 12.4. The summed E-state index contributed by atoms with van der Waals surface area (Å²) in [6.45, 7) is 4.97. The molecule has 2 N–H and O–H groups in total. The molecule has 0 unspecified atom stereocenters. The van der Waals surface area contributed by atoms with E-state index in [1.54, 1.807) is 6.07 Å². The maximum Gasteiger partial charge on any atom is 0.281 e. The van der Waals surface area contributed by atoms with Crippen molar-refractivity contribution in [3.8, 4) is 11.9 Å². The third kappa shape index (κ3) is 3.19. The zero-order valence-corrected chi connectivity index (χ0v) is 13.7. The molecule has 0 amide bonds. The van der Waals surface area contributed by atoms with Crippen LogP contribution in [0.25, 0.3) is 0 Å². The quantitative estimate of drug-likeness (QED) is 0.841. The lowest BCUT2D eigenvalue weighted by Crippen LogP contribution is -2.23. The largest absolute Gasteiger partial charge is 0.493 e. The number of benzene rings is 1. The van der Waals surface area contributed by atoms with E-state index in [4.69, 9.17) is 5.11 Å². The van der Waals surface area contributed by atoms with Crippen molar-refractivity contribution in [2.45, 2.75) is 27.3 Å². The minimum atomic E-state index is -0.606. The summed E-state index contributed by atoms with van der Waals surface area (Å²) >= 11 is 0. The van der Waals surface area contributed by atoms with Crippen LogP contribution in [0.15, 0.2) is 33.2 Å². The lowest BCUT2D eigenvalue weighted by molar-refractivity contribution is 0.263. The molecule has 0 aliphatic heterocycles. The molecular weight excluding hydrogens is 308 g/mol. The number of aromatic hydroxyl groups is 1. The molecule has 24 heavy (non-hydrogen) atoms. The molecule has 1 aromatic heterocycles. The van der Waals surface area contributed by atoms with Gasteiger partial charge in [0.2, 0.25) is 5.88 Å². The number of pyridine rings is 1. The van der Waals surface area contributed by atoms with E-state index in [-0.39, 0.29) is 30.0 Å². The van der Waals surface area contributed by atoms with Crippen LogP contribution in [0.2, 0.25) is 0 Å². The van der Waals surface area contributed by atoms with Gasteiger partial charge in [0.1, 0.15) is 11.6 Å². The number of hydrogen-bond acceptors (Lipinski definition) is 6. The molecular formula is C17H18N4O3. The average molecular weight is 326 g/mol. The number of nitrogens with zero attached hydrogens (tertiary/aromatic N) is 4. The smallest absolute Gasteiger partial charge is 0.281 e. The normalized spacial score (nSPS) is 11.0. The fraction of sp³-hybridized carbons (Fsp3) is 0.294. The minimum Gasteiger partial charge on any atom is -0.493 e. The van der Waals surface area contributed by atoms with Gasteiger partial charge in [0, 0.05) is 5.56 Å². The van der Waals surface area contributed by atoms with Crippen LogP contribution in [-0.4, -0.2) is 21.4 Å². The van der Waals surface area contributed by atoms with Gasteiger partial charge in [-0.2, -0.15) is 10.4 Å². The van der Waals surface area contributed by atoms with Crippen molar-refractivity contribution in [1.82, 2.24) is 4.57 Å². The van der Waals surface area contributed by atoms with Crippen LogP contribution >= 0.6 is 0 Å². The van der Waals surface area contributed by atoms with Crippen LogP contribution < -0.4 is 5.56 Å². The lowest BCUT2D eigenvalue weighted by Gasteiger charge is -2.11. The molecule has 0 atom stereocenters. The van der Waals surface area contributed by atoms with E-state index < -0.39 is 11.4 Å². The highest BCUT2D eigenvalue weighted by Gasteiger charge is 2.18. The molecule has 0 fully saturated rings. The van der Waals surface area contributed by atoms with E-state index in [9.17, 15) is 15.2 Å². The van der Waals surface area contributed by atoms with Crippen LogP contribution in [0.4, 0.5) is 11.4 Å². The summed E-state index contributed by atoms with van der Waals surface area (Å²) in [6, 6.07) is 7.37. The summed E-state index contributed by atoms with van der Waals surface area (Å²) in [5.41, 5.74) is 2.30. The molecule has 0 radical (unpaired) electrons. The third-order valence-electron chi connectivity index (χ3n) is 3.85. The Morgan fingerprint density at radius 1 is 1.21 bits per heavy atom. The van der Waals surface area contributed by atoms with Gasteiger partial charge in [0.05, 0.1) is 18.8 Å². The minimum absolute atomic E-state index is 0.0315. The second-order valence-electron chi connectivity index (χ2n) is 5.43. The highest BCUT2D eigenvalue weighted by Crippen LogP contribution is 2.27. The van der Waals surface area contributed by atoms with E-state index >= 15 is 0 Å². The molecule has 7 heteroatoms.